The molecule has 0 radical (unpaired) electrons. The van der Waals surface area contributed by atoms with Crippen LogP contribution in [0.15, 0.2) is 36.7 Å². The molecule has 1 fully saturated rings. The van der Waals surface area contributed by atoms with Gasteiger partial charge in [0.15, 0.2) is 5.65 Å². The number of aromatic nitrogens is 4. The molecule has 3 aromatic rings. The number of hydrogen-bond acceptors (Lipinski definition) is 3. The molecule has 6 nitrogen and oxygen atoms in total. The van der Waals surface area contributed by atoms with Crippen LogP contribution in [0.25, 0.3) is 5.65 Å². The van der Waals surface area contributed by atoms with Gasteiger partial charge in [-0.2, -0.15) is 0 Å². The number of carbonyl (C=O) groups excluding carboxylic acids is 1. The lowest BCUT2D eigenvalue weighted by Gasteiger charge is -2.31. The Bertz CT molecular complexity index is 855. The second kappa shape index (κ2) is 5.70. The van der Waals surface area contributed by atoms with E-state index in [1.807, 2.05) is 33.7 Å². The van der Waals surface area contributed by atoms with Gasteiger partial charge in [0.05, 0.1) is 5.02 Å². The molecule has 7 heteroatoms. The highest BCUT2D eigenvalue weighted by molar-refractivity contribution is 6.30. The van der Waals surface area contributed by atoms with Crippen molar-refractivity contribution in [2.75, 3.05) is 13.1 Å². The third kappa shape index (κ3) is 2.59. The zero-order chi connectivity index (χ0) is 15.8. The summed E-state index contributed by atoms with van der Waals surface area (Å²) in [4.78, 5) is 17.4. The van der Waals surface area contributed by atoms with Gasteiger partial charge in [0.2, 0.25) is 0 Å². The van der Waals surface area contributed by atoms with Crippen molar-refractivity contribution in [3.05, 3.63) is 53.2 Å². The van der Waals surface area contributed by atoms with Gasteiger partial charge in [-0.05, 0) is 31.0 Å². The highest BCUT2D eigenvalue weighted by atomic mass is 35.5. The molecule has 118 valence electrons. The summed E-state index contributed by atoms with van der Waals surface area (Å²) >= 11 is 5.90. The highest BCUT2D eigenvalue weighted by Gasteiger charge is 2.28. The van der Waals surface area contributed by atoms with Crippen LogP contribution in [0.3, 0.4) is 0 Å². The van der Waals surface area contributed by atoms with E-state index >= 15 is 0 Å². The van der Waals surface area contributed by atoms with Crippen LogP contribution in [0.2, 0.25) is 5.02 Å². The molecule has 3 aromatic heterocycles. The minimum atomic E-state index is -0.0181. The maximum absolute atomic E-state index is 12.6. The summed E-state index contributed by atoms with van der Waals surface area (Å²) in [5.41, 5.74) is 1.36. The average molecular weight is 330 g/mol. The first kappa shape index (κ1) is 14.3. The van der Waals surface area contributed by atoms with E-state index in [1.165, 1.54) is 0 Å². The summed E-state index contributed by atoms with van der Waals surface area (Å²) in [6.45, 7) is 1.40. The van der Waals surface area contributed by atoms with Crippen LogP contribution in [0.1, 0.15) is 35.1 Å². The summed E-state index contributed by atoms with van der Waals surface area (Å²) in [6.07, 6.45) is 5.55. The number of pyridine rings is 1. The monoisotopic (exact) mass is 329 g/mol. The fraction of sp³-hybridized carbons (Fsp3) is 0.312. The molecule has 1 aliphatic heterocycles. The Labute approximate surface area is 138 Å². The molecule has 1 N–H and O–H groups in total. The molecule has 0 aromatic carbocycles. The summed E-state index contributed by atoms with van der Waals surface area (Å²) in [5, 5.41) is 9.09. The van der Waals surface area contributed by atoms with Crippen molar-refractivity contribution in [1.29, 1.82) is 0 Å². The first-order valence-electron chi connectivity index (χ1n) is 7.65. The minimum absolute atomic E-state index is 0.0181. The van der Waals surface area contributed by atoms with Crippen molar-refractivity contribution in [2.45, 2.75) is 18.8 Å². The average Bonchev–Trinajstić information content (AvgIpc) is 3.20. The first-order valence-corrected chi connectivity index (χ1v) is 8.03. The Morgan fingerprint density at radius 3 is 3.09 bits per heavy atom. The van der Waals surface area contributed by atoms with Crippen LogP contribution in [0, 0.1) is 0 Å². The largest absolute Gasteiger partial charge is 0.356 e. The molecule has 4 rings (SSSR count). The molecule has 23 heavy (non-hydrogen) atoms. The van der Waals surface area contributed by atoms with Gasteiger partial charge in [-0.3, -0.25) is 9.20 Å². The summed E-state index contributed by atoms with van der Waals surface area (Å²) in [6, 6.07) is 7.51. The van der Waals surface area contributed by atoms with Crippen LogP contribution in [-0.4, -0.2) is 43.5 Å². The second-order valence-corrected chi connectivity index (χ2v) is 6.25. The van der Waals surface area contributed by atoms with E-state index in [4.69, 9.17) is 11.6 Å². The van der Waals surface area contributed by atoms with Crippen LogP contribution in [0.5, 0.6) is 0 Å². The van der Waals surface area contributed by atoms with Gasteiger partial charge in [0, 0.05) is 31.4 Å². The van der Waals surface area contributed by atoms with Gasteiger partial charge in [-0.15, -0.1) is 10.2 Å². The predicted molar refractivity (Wildman–Crippen MR) is 86.7 cm³/mol. The van der Waals surface area contributed by atoms with Crippen LogP contribution in [-0.2, 0) is 0 Å². The number of piperidine rings is 1. The Morgan fingerprint density at radius 1 is 1.35 bits per heavy atom. The van der Waals surface area contributed by atoms with Crippen molar-refractivity contribution in [2.24, 2.45) is 0 Å². The van der Waals surface area contributed by atoms with Crippen LogP contribution < -0.4 is 0 Å². The fourth-order valence-electron chi connectivity index (χ4n) is 3.17. The number of carbonyl (C=O) groups is 1. The fourth-order valence-corrected chi connectivity index (χ4v) is 3.34. The van der Waals surface area contributed by atoms with Crippen LogP contribution in [0.4, 0.5) is 0 Å². The van der Waals surface area contributed by atoms with Crippen molar-refractivity contribution in [3.8, 4) is 0 Å². The molecule has 0 aliphatic carbocycles. The summed E-state index contributed by atoms with van der Waals surface area (Å²) in [7, 11) is 0. The third-order valence-corrected chi connectivity index (χ3v) is 4.51. The molecule has 1 amide bonds. The predicted octanol–water partition coefficient (Wildman–Crippen LogP) is 2.73. The van der Waals surface area contributed by atoms with E-state index in [9.17, 15) is 4.79 Å². The van der Waals surface area contributed by atoms with Gasteiger partial charge in [-0.25, -0.2) is 0 Å². The van der Waals surface area contributed by atoms with E-state index < -0.39 is 0 Å². The zero-order valence-electron chi connectivity index (χ0n) is 12.4. The van der Waals surface area contributed by atoms with E-state index in [0.717, 1.165) is 30.9 Å². The number of nitrogens with one attached hydrogen (secondary N) is 1. The molecule has 1 saturated heterocycles. The smallest absolute Gasteiger partial charge is 0.270 e. The topological polar surface area (TPSA) is 66.3 Å². The van der Waals surface area contributed by atoms with Gasteiger partial charge in [0.1, 0.15) is 11.5 Å². The lowest BCUT2D eigenvalue weighted by molar-refractivity contribution is 0.0699. The number of amides is 1. The van der Waals surface area contributed by atoms with Crippen LogP contribution >= 0.6 is 11.6 Å². The van der Waals surface area contributed by atoms with Gasteiger partial charge >= 0.3 is 0 Å². The normalized spacial score (nSPS) is 18.5. The summed E-state index contributed by atoms with van der Waals surface area (Å²) in [5.74, 6) is 1.09. The summed E-state index contributed by atoms with van der Waals surface area (Å²) < 4.78 is 2.00. The number of nitrogens with zero attached hydrogens (tertiary/aromatic N) is 4. The van der Waals surface area contributed by atoms with E-state index in [-0.39, 0.29) is 11.8 Å². The molecular formula is C16H16ClN5O. The number of rotatable bonds is 2. The Balaban J connectivity index is 1.58. The molecular weight excluding hydrogens is 314 g/mol. The second-order valence-electron chi connectivity index (χ2n) is 5.81. The number of fused-ring (bicyclic) bond motifs is 1. The standard InChI is InChI=1S/C16H16ClN5O/c17-12-8-13(18-9-12)16(23)21-6-3-4-11(10-21)15-20-19-14-5-1-2-7-22(14)15/h1-2,5,7-9,11,18H,3-4,6,10H2. The maximum atomic E-state index is 12.6. The first-order chi connectivity index (χ1) is 11.2. The van der Waals surface area contributed by atoms with Crippen molar-refractivity contribution in [3.63, 3.8) is 0 Å². The van der Waals surface area contributed by atoms with E-state index in [0.29, 0.717) is 17.3 Å². The van der Waals surface area contributed by atoms with Crippen molar-refractivity contribution >= 4 is 23.2 Å². The number of hydrogen-bond donors (Lipinski definition) is 1. The number of likely N-dealkylation sites (tertiary alicyclic amines) is 1. The van der Waals surface area contributed by atoms with E-state index in [1.54, 1.807) is 12.3 Å². The van der Waals surface area contributed by atoms with Gasteiger partial charge in [0.25, 0.3) is 5.91 Å². The van der Waals surface area contributed by atoms with Crippen molar-refractivity contribution in [1.82, 2.24) is 24.5 Å². The van der Waals surface area contributed by atoms with Crippen molar-refractivity contribution < 1.29 is 4.79 Å². The lowest BCUT2D eigenvalue weighted by Crippen LogP contribution is -2.39. The molecule has 1 unspecified atom stereocenters. The molecule has 1 atom stereocenters. The molecule has 0 bridgehead atoms. The lowest BCUT2D eigenvalue weighted by atomic mass is 9.97. The Kier molecular flexibility index (Phi) is 3.53. The molecule has 0 spiro atoms. The SMILES string of the molecule is O=C(c1cc(Cl)c[nH]1)N1CCCC(c2nnc3ccccn23)C1. The van der Waals surface area contributed by atoms with E-state index in [2.05, 4.69) is 15.2 Å². The molecule has 1 aliphatic rings. The van der Waals surface area contributed by atoms with Gasteiger partial charge in [-0.1, -0.05) is 17.7 Å². The number of aromatic amines is 1. The number of H-pyrrole nitrogens is 1. The third-order valence-electron chi connectivity index (χ3n) is 4.29. The Hall–Kier alpha value is -2.34. The quantitative estimate of drug-likeness (QED) is 0.786. The Morgan fingerprint density at radius 2 is 2.26 bits per heavy atom. The minimum Gasteiger partial charge on any atom is -0.356 e. The number of halogens is 1. The molecule has 4 heterocycles. The zero-order valence-corrected chi connectivity index (χ0v) is 13.2. The maximum Gasteiger partial charge on any atom is 0.270 e. The molecule has 0 saturated carbocycles. The highest BCUT2D eigenvalue weighted by Crippen LogP contribution is 2.27. The van der Waals surface area contributed by atoms with Gasteiger partial charge < -0.3 is 9.88 Å².